The number of hydrogen-bond acceptors (Lipinski definition) is 4. The summed E-state index contributed by atoms with van der Waals surface area (Å²) in [4.78, 5) is 26.0. The number of hydrogen-bond donors (Lipinski definition) is 1. The van der Waals surface area contributed by atoms with Crippen molar-refractivity contribution in [2.45, 2.75) is 6.54 Å². The van der Waals surface area contributed by atoms with Gasteiger partial charge in [0.2, 0.25) is 0 Å². The van der Waals surface area contributed by atoms with Crippen molar-refractivity contribution in [1.82, 2.24) is 4.90 Å². The number of imide groups is 1. The molecule has 1 heterocycles. The minimum atomic E-state index is -0.453. The largest absolute Gasteiger partial charge is 0.506 e. The van der Waals surface area contributed by atoms with Crippen LogP contribution < -0.4 is 0 Å². The molecule has 1 aliphatic rings. The Kier molecular flexibility index (Phi) is 5.29. The Labute approximate surface area is 163 Å². The quantitative estimate of drug-likeness (QED) is 0.665. The first-order valence-electron chi connectivity index (χ1n) is 7.03. The minimum Gasteiger partial charge on any atom is -0.506 e. The van der Waals surface area contributed by atoms with Gasteiger partial charge in [-0.05, 0) is 47.7 Å². The lowest BCUT2D eigenvalue weighted by Crippen LogP contribution is -2.27. The Morgan fingerprint density at radius 2 is 1.84 bits per heavy atom. The third kappa shape index (κ3) is 3.96. The summed E-state index contributed by atoms with van der Waals surface area (Å²) >= 11 is 18.5. The molecule has 0 aromatic heterocycles. The zero-order valence-electron chi connectivity index (χ0n) is 12.5. The first-order valence-corrected chi connectivity index (χ1v) is 8.98. The van der Waals surface area contributed by atoms with E-state index < -0.39 is 11.1 Å². The van der Waals surface area contributed by atoms with Gasteiger partial charge in [-0.2, -0.15) is 0 Å². The predicted octanol–water partition coefficient (Wildman–Crippen LogP) is 5.59. The lowest BCUT2D eigenvalue weighted by atomic mass is 10.1. The molecule has 4 nitrogen and oxygen atoms in total. The van der Waals surface area contributed by atoms with Gasteiger partial charge in [0, 0.05) is 15.6 Å². The highest BCUT2D eigenvalue weighted by molar-refractivity contribution is 8.18. The molecule has 0 spiro atoms. The monoisotopic (exact) mass is 413 g/mol. The van der Waals surface area contributed by atoms with E-state index in [0.717, 1.165) is 22.2 Å². The van der Waals surface area contributed by atoms with Crippen molar-refractivity contribution in [3.63, 3.8) is 0 Å². The second kappa shape index (κ2) is 7.30. The molecular formula is C17H10Cl3NO3S. The van der Waals surface area contributed by atoms with Gasteiger partial charge in [-0.1, -0.05) is 46.9 Å². The Hall–Kier alpha value is -1.66. The van der Waals surface area contributed by atoms with Crippen LogP contribution in [0.15, 0.2) is 41.3 Å². The van der Waals surface area contributed by atoms with Gasteiger partial charge < -0.3 is 5.11 Å². The van der Waals surface area contributed by atoms with E-state index in [4.69, 9.17) is 34.8 Å². The van der Waals surface area contributed by atoms with Gasteiger partial charge in [0.15, 0.2) is 0 Å². The predicted molar refractivity (Wildman–Crippen MR) is 101 cm³/mol. The summed E-state index contributed by atoms with van der Waals surface area (Å²) in [5, 5.41) is 10.5. The van der Waals surface area contributed by atoms with Gasteiger partial charge in [-0.3, -0.25) is 14.5 Å². The number of carbonyl (C=O) groups is 2. The van der Waals surface area contributed by atoms with Gasteiger partial charge in [0.25, 0.3) is 11.1 Å². The van der Waals surface area contributed by atoms with E-state index >= 15 is 0 Å². The molecule has 2 aromatic rings. The van der Waals surface area contributed by atoms with Crippen molar-refractivity contribution in [1.29, 1.82) is 0 Å². The van der Waals surface area contributed by atoms with E-state index in [9.17, 15) is 14.7 Å². The fourth-order valence-corrected chi connectivity index (χ4v) is 3.84. The lowest BCUT2D eigenvalue weighted by molar-refractivity contribution is -0.123. The smallest absolute Gasteiger partial charge is 0.293 e. The highest BCUT2D eigenvalue weighted by Crippen LogP contribution is 2.37. The fourth-order valence-electron chi connectivity index (χ4n) is 2.29. The number of nitrogens with zero attached hydrogens (tertiary/aromatic N) is 1. The molecule has 0 bridgehead atoms. The van der Waals surface area contributed by atoms with Gasteiger partial charge in [0.05, 0.1) is 16.5 Å². The van der Waals surface area contributed by atoms with Gasteiger partial charge in [-0.25, -0.2) is 0 Å². The van der Waals surface area contributed by atoms with Crippen molar-refractivity contribution in [3.05, 3.63) is 67.5 Å². The lowest BCUT2D eigenvalue weighted by Gasteiger charge is -2.12. The fraction of sp³-hybridized carbons (Fsp3) is 0.0588. The SMILES string of the molecule is O=C1S/C(=C\c2cc(Cl)cc(Cl)c2O)C(=O)N1Cc1cccc(Cl)c1. The third-order valence-electron chi connectivity index (χ3n) is 3.45. The number of thioether (sulfide) groups is 1. The molecule has 0 unspecified atom stereocenters. The van der Waals surface area contributed by atoms with E-state index in [1.165, 1.54) is 18.2 Å². The molecule has 128 valence electrons. The normalized spacial score (nSPS) is 16.1. The zero-order chi connectivity index (χ0) is 18.1. The Bertz CT molecular complexity index is 914. The van der Waals surface area contributed by atoms with E-state index in [2.05, 4.69) is 0 Å². The Morgan fingerprint density at radius 1 is 1.08 bits per heavy atom. The first-order chi connectivity index (χ1) is 11.8. The van der Waals surface area contributed by atoms with Crippen molar-refractivity contribution in [2.24, 2.45) is 0 Å². The van der Waals surface area contributed by atoms with Crippen molar-refractivity contribution in [2.75, 3.05) is 0 Å². The van der Waals surface area contributed by atoms with E-state index in [-0.39, 0.29) is 27.8 Å². The maximum atomic E-state index is 12.5. The van der Waals surface area contributed by atoms with Gasteiger partial charge in [0.1, 0.15) is 5.75 Å². The van der Waals surface area contributed by atoms with Crippen LogP contribution >= 0.6 is 46.6 Å². The van der Waals surface area contributed by atoms with E-state index in [1.54, 1.807) is 24.3 Å². The van der Waals surface area contributed by atoms with Crippen LogP contribution in [-0.2, 0) is 11.3 Å². The number of carbonyl (C=O) groups excluding carboxylic acids is 2. The number of benzene rings is 2. The average molecular weight is 415 g/mol. The summed E-state index contributed by atoms with van der Waals surface area (Å²) in [5.74, 6) is -0.654. The second-order valence-corrected chi connectivity index (χ2v) is 7.50. The zero-order valence-corrected chi connectivity index (χ0v) is 15.6. The molecule has 25 heavy (non-hydrogen) atoms. The number of rotatable bonds is 3. The molecule has 2 aromatic carbocycles. The molecule has 0 aliphatic carbocycles. The average Bonchev–Trinajstić information content (AvgIpc) is 2.80. The summed E-state index contributed by atoms with van der Waals surface area (Å²) in [6.45, 7) is 0.116. The number of aromatic hydroxyl groups is 1. The molecule has 0 atom stereocenters. The number of phenols is 1. The minimum absolute atomic E-state index is 0.0666. The van der Waals surface area contributed by atoms with E-state index in [1.807, 2.05) is 0 Å². The summed E-state index contributed by atoms with van der Waals surface area (Å²) in [7, 11) is 0. The van der Waals surface area contributed by atoms with Gasteiger partial charge in [-0.15, -0.1) is 0 Å². The first kappa shape index (κ1) is 18.1. The molecule has 3 rings (SSSR count). The maximum Gasteiger partial charge on any atom is 0.293 e. The van der Waals surface area contributed by atoms with Crippen LogP contribution in [0.4, 0.5) is 4.79 Å². The highest BCUT2D eigenvalue weighted by atomic mass is 35.5. The van der Waals surface area contributed by atoms with Crippen molar-refractivity contribution >= 4 is 63.8 Å². The van der Waals surface area contributed by atoms with Crippen LogP contribution in [0.3, 0.4) is 0 Å². The molecule has 1 N–H and O–H groups in total. The van der Waals surface area contributed by atoms with Crippen LogP contribution in [0.2, 0.25) is 15.1 Å². The van der Waals surface area contributed by atoms with Crippen LogP contribution in [0.25, 0.3) is 6.08 Å². The Morgan fingerprint density at radius 3 is 2.56 bits per heavy atom. The van der Waals surface area contributed by atoms with Crippen LogP contribution in [0, 0.1) is 0 Å². The summed E-state index contributed by atoms with van der Waals surface area (Å²) in [6, 6.07) is 9.79. The summed E-state index contributed by atoms with van der Waals surface area (Å²) in [6.07, 6.45) is 1.40. The van der Waals surface area contributed by atoms with Crippen LogP contribution in [0.5, 0.6) is 5.75 Å². The topological polar surface area (TPSA) is 57.6 Å². The van der Waals surface area contributed by atoms with Gasteiger partial charge >= 0.3 is 0 Å². The van der Waals surface area contributed by atoms with Crippen molar-refractivity contribution < 1.29 is 14.7 Å². The standard InChI is InChI=1S/C17H10Cl3NO3S/c18-11-3-1-2-9(4-11)8-21-16(23)14(25-17(21)24)6-10-5-12(19)7-13(20)15(10)22/h1-7,22H,8H2/b14-6-. The molecule has 2 amide bonds. The number of amides is 2. The molecule has 1 aliphatic heterocycles. The highest BCUT2D eigenvalue weighted by Gasteiger charge is 2.35. The second-order valence-electron chi connectivity index (χ2n) is 5.22. The molecule has 1 fully saturated rings. The molecule has 1 saturated heterocycles. The number of phenolic OH excluding ortho intramolecular Hbond substituents is 1. The number of halogens is 3. The Balaban J connectivity index is 1.89. The molecular weight excluding hydrogens is 405 g/mol. The molecule has 0 saturated carbocycles. The molecule has 0 radical (unpaired) electrons. The molecule has 8 heteroatoms. The summed E-state index contributed by atoms with van der Waals surface area (Å²) in [5.41, 5.74) is 1.01. The van der Waals surface area contributed by atoms with Crippen LogP contribution in [0.1, 0.15) is 11.1 Å². The van der Waals surface area contributed by atoms with Crippen molar-refractivity contribution in [3.8, 4) is 5.75 Å². The maximum absolute atomic E-state index is 12.5. The third-order valence-corrected chi connectivity index (χ3v) is 5.10. The van der Waals surface area contributed by atoms with E-state index in [0.29, 0.717) is 10.0 Å². The summed E-state index contributed by atoms with van der Waals surface area (Å²) < 4.78 is 0. The van der Waals surface area contributed by atoms with Crippen LogP contribution in [-0.4, -0.2) is 21.2 Å².